The molecule has 5 atom stereocenters. The van der Waals surface area contributed by atoms with E-state index in [1.165, 1.54) is 14.2 Å². The molecule has 2 aliphatic heterocycles. The van der Waals surface area contributed by atoms with Crippen LogP contribution in [-0.2, 0) is 19.1 Å². The van der Waals surface area contributed by atoms with Gasteiger partial charge in [0.05, 0.1) is 62.1 Å². The molecule has 2 aromatic heterocycles. The topological polar surface area (TPSA) is 198 Å². The monoisotopic (exact) mass is 847 g/mol. The first-order valence-corrected chi connectivity index (χ1v) is 21.0. The van der Waals surface area contributed by atoms with Gasteiger partial charge in [0, 0.05) is 18.7 Å². The van der Waals surface area contributed by atoms with Gasteiger partial charge in [0.1, 0.15) is 23.7 Å². The highest BCUT2D eigenvalue weighted by atomic mass is 16.5. The highest BCUT2D eigenvalue weighted by Gasteiger charge is 2.42. The van der Waals surface area contributed by atoms with Crippen LogP contribution in [0.3, 0.4) is 0 Å². The van der Waals surface area contributed by atoms with Crippen molar-refractivity contribution in [3.05, 3.63) is 121 Å². The van der Waals surface area contributed by atoms with Crippen LogP contribution in [-0.4, -0.2) is 87.1 Å². The van der Waals surface area contributed by atoms with E-state index in [2.05, 4.69) is 86.3 Å². The van der Waals surface area contributed by atoms with Crippen LogP contribution in [0, 0.1) is 23.2 Å². The molecule has 0 bridgehead atoms. The second-order valence-corrected chi connectivity index (χ2v) is 16.3. The second-order valence-electron chi connectivity index (χ2n) is 16.3. The number of rotatable bonds is 11. The summed E-state index contributed by atoms with van der Waals surface area (Å²) in [7, 11) is 2.53. The number of methoxy groups -OCH3 is 2. The standard InChI is InChI=1S/C48H49N9O6/c1-28(2)41(54-47(60)62-3)45(58)57-27-29(24-49)21-40(57)44-51-26-38(53-44)36-19-18-34-22-33(16-17-35(34)23-36)30-12-14-31(15-13-30)37-25-50-43(52-37)39-11-8-20-56(39)46(59)42(55-48(61)63-4)32-9-6-5-7-10-32/h5-7,9-10,12-19,22-23,25-26,28-29,39-42H,8,11,20-21,27H2,1-4H3,(H,50,52)(H,51,53)(H,54,60)(H,55,61)/t29-,39+,40+,41+,42-/m1/s1. The molecule has 15 heteroatoms. The Balaban J connectivity index is 0.954. The van der Waals surface area contributed by atoms with E-state index in [-0.39, 0.29) is 36.2 Å². The second kappa shape index (κ2) is 18.3. The lowest BCUT2D eigenvalue weighted by atomic mass is 9.98. The Hall–Kier alpha value is -7.47. The van der Waals surface area contributed by atoms with Crippen molar-refractivity contribution in [2.45, 2.75) is 57.3 Å². The highest BCUT2D eigenvalue weighted by Crippen LogP contribution is 2.37. The first-order chi connectivity index (χ1) is 30.5. The lowest BCUT2D eigenvalue weighted by molar-refractivity contribution is -0.136. The van der Waals surface area contributed by atoms with Crippen molar-refractivity contribution in [2.75, 3.05) is 27.3 Å². The molecule has 0 saturated carbocycles. The third-order valence-corrected chi connectivity index (χ3v) is 12.0. The first kappa shape index (κ1) is 42.2. The summed E-state index contributed by atoms with van der Waals surface area (Å²) in [6.45, 7) is 4.49. The van der Waals surface area contributed by atoms with Gasteiger partial charge in [0.25, 0.3) is 5.91 Å². The molecule has 2 fully saturated rings. The minimum Gasteiger partial charge on any atom is -0.453 e. The van der Waals surface area contributed by atoms with E-state index < -0.39 is 30.3 Å². The number of fused-ring (bicyclic) bond motifs is 1. The molecule has 2 saturated heterocycles. The molecule has 4 amide bonds. The van der Waals surface area contributed by atoms with E-state index in [9.17, 15) is 24.4 Å². The number of ether oxygens (including phenoxy) is 2. The number of nitrogens with zero attached hydrogens (tertiary/aromatic N) is 5. The molecule has 0 spiro atoms. The van der Waals surface area contributed by atoms with Crippen LogP contribution in [0.5, 0.6) is 0 Å². The smallest absolute Gasteiger partial charge is 0.407 e. The normalized spacial score (nSPS) is 18.2. The Morgan fingerprint density at radius 1 is 0.730 bits per heavy atom. The van der Waals surface area contributed by atoms with Gasteiger partial charge in [0.2, 0.25) is 5.91 Å². The number of imidazole rings is 2. The van der Waals surface area contributed by atoms with Crippen molar-refractivity contribution < 1.29 is 28.7 Å². The summed E-state index contributed by atoms with van der Waals surface area (Å²) in [5.41, 5.74) is 6.29. The molecule has 0 radical (unpaired) electrons. The first-order valence-electron chi connectivity index (χ1n) is 21.0. The number of hydrogen-bond acceptors (Lipinski definition) is 9. The molecule has 0 aliphatic carbocycles. The van der Waals surface area contributed by atoms with Gasteiger partial charge >= 0.3 is 12.2 Å². The molecule has 63 heavy (non-hydrogen) atoms. The predicted octanol–water partition coefficient (Wildman–Crippen LogP) is 7.84. The molecule has 322 valence electrons. The SMILES string of the molecule is COC(=O)N[C@H](C(=O)N1C[C@@H](C#N)C[C@H]1c1ncc(-c2ccc3cc(-c4ccc(-c5cnc([C@@H]6CCCN6C(=O)[C@H](NC(=O)OC)c6ccccc6)[nH]5)cc4)ccc3c2)[nH]1)C(C)C. The molecule has 4 N–H and O–H groups in total. The fourth-order valence-corrected chi connectivity index (χ4v) is 8.64. The summed E-state index contributed by atoms with van der Waals surface area (Å²) in [6.07, 6.45) is 4.16. The Labute approximate surface area is 364 Å². The van der Waals surface area contributed by atoms with Crippen molar-refractivity contribution >= 4 is 34.8 Å². The summed E-state index contributed by atoms with van der Waals surface area (Å²) >= 11 is 0. The van der Waals surface area contributed by atoms with Crippen molar-refractivity contribution in [1.82, 2.24) is 40.4 Å². The largest absolute Gasteiger partial charge is 0.453 e. The number of carbonyl (C=O) groups is 4. The Morgan fingerprint density at radius 2 is 1.32 bits per heavy atom. The van der Waals surface area contributed by atoms with Gasteiger partial charge in [-0.25, -0.2) is 19.6 Å². The minimum atomic E-state index is -0.889. The maximum atomic E-state index is 13.9. The molecule has 2 aliphatic rings. The van der Waals surface area contributed by atoms with Crippen molar-refractivity contribution in [3.63, 3.8) is 0 Å². The summed E-state index contributed by atoms with van der Waals surface area (Å²) in [5.74, 6) is 0.206. The third kappa shape index (κ3) is 8.83. The van der Waals surface area contributed by atoms with Crippen LogP contribution >= 0.6 is 0 Å². The van der Waals surface area contributed by atoms with E-state index in [0.717, 1.165) is 57.3 Å². The molecule has 6 aromatic rings. The number of alkyl carbamates (subject to hydrolysis) is 2. The molecule has 0 unspecified atom stereocenters. The Bertz CT molecular complexity index is 2670. The van der Waals surface area contributed by atoms with Gasteiger partial charge in [0.15, 0.2) is 0 Å². The average molecular weight is 848 g/mol. The molecular weight excluding hydrogens is 799 g/mol. The number of nitriles is 1. The van der Waals surface area contributed by atoms with Gasteiger partial charge in [-0.1, -0.05) is 92.7 Å². The van der Waals surface area contributed by atoms with Crippen molar-refractivity contribution in [1.29, 1.82) is 5.26 Å². The average Bonchev–Trinajstić information content (AvgIpc) is 4.16. The van der Waals surface area contributed by atoms with Gasteiger partial charge in [-0.05, 0) is 70.3 Å². The van der Waals surface area contributed by atoms with E-state index in [1.807, 2.05) is 50.2 Å². The third-order valence-electron chi connectivity index (χ3n) is 12.0. The van der Waals surface area contributed by atoms with Crippen LogP contribution in [0.2, 0.25) is 0 Å². The molecule has 15 nitrogen and oxygen atoms in total. The van der Waals surface area contributed by atoms with Crippen LogP contribution in [0.1, 0.15) is 68.4 Å². The van der Waals surface area contributed by atoms with Crippen molar-refractivity contribution in [2.24, 2.45) is 11.8 Å². The van der Waals surface area contributed by atoms with Gasteiger partial charge in [-0.15, -0.1) is 0 Å². The lowest BCUT2D eigenvalue weighted by Gasteiger charge is -2.29. The van der Waals surface area contributed by atoms with Crippen LogP contribution < -0.4 is 10.6 Å². The van der Waals surface area contributed by atoms with Gasteiger partial charge < -0.3 is 39.9 Å². The molecule has 4 heterocycles. The van der Waals surface area contributed by atoms with E-state index >= 15 is 0 Å². The maximum absolute atomic E-state index is 13.9. The number of benzene rings is 4. The fraction of sp³-hybridized carbons (Fsp3) is 0.312. The summed E-state index contributed by atoms with van der Waals surface area (Å²) < 4.78 is 9.59. The number of carbonyl (C=O) groups excluding carboxylic acids is 4. The number of likely N-dealkylation sites (tertiary alicyclic amines) is 2. The minimum absolute atomic E-state index is 0.200. The quantitative estimate of drug-likeness (QED) is 0.100. The van der Waals surface area contributed by atoms with Crippen LogP contribution in [0.25, 0.3) is 44.4 Å². The van der Waals surface area contributed by atoms with Crippen LogP contribution in [0.15, 0.2) is 103 Å². The predicted molar refractivity (Wildman–Crippen MR) is 235 cm³/mol. The number of nitrogens with one attached hydrogen (secondary N) is 4. The van der Waals surface area contributed by atoms with Gasteiger partial charge in [-0.2, -0.15) is 5.26 Å². The number of amides is 4. The summed E-state index contributed by atoms with van der Waals surface area (Å²) in [6, 6.07) is 29.8. The van der Waals surface area contributed by atoms with Crippen molar-refractivity contribution in [3.8, 4) is 39.7 Å². The zero-order valence-electron chi connectivity index (χ0n) is 35.5. The van der Waals surface area contributed by atoms with E-state index in [4.69, 9.17) is 14.5 Å². The zero-order chi connectivity index (χ0) is 44.2. The Morgan fingerprint density at radius 3 is 1.97 bits per heavy atom. The summed E-state index contributed by atoms with van der Waals surface area (Å²) in [4.78, 5) is 71.6. The number of aromatic nitrogens is 4. The van der Waals surface area contributed by atoms with E-state index in [0.29, 0.717) is 30.2 Å². The highest BCUT2D eigenvalue weighted by molar-refractivity contribution is 5.91. The lowest BCUT2D eigenvalue weighted by Crippen LogP contribution is -2.51. The zero-order valence-corrected chi connectivity index (χ0v) is 35.5. The van der Waals surface area contributed by atoms with E-state index in [1.54, 1.807) is 22.2 Å². The summed E-state index contributed by atoms with van der Waals surface area (Å²) in [5, 5.41) is 17.3. The molecule has 8 rings (SSSR count). The number of hydrogen-bond donors (Lipinski definition) is 4. The number of aromatic amines is 2. The number of H-pyrrole nitrogens is 2. The fourth-order valence-electron chi connectivity index (χ4n) is 8.64. The maximum Gasteiger partial charge on any atom is 0.407 e. The van der Waals surface area contributed by atoms with Crippen LogP contribution in [0.4, 0.5) is 9.59 Å². The Kier molecular flexibility index (Phi) is 12.2. The molecular formula is C48H49N9O6. The van der Waals surface area contributed by atoms with Gasteiger partial charge in [-0.3, -0.25) is 9.59 Å². The molecule has 4 aromatic carbocycles.